The molecule has 296 valence electrons. The fraction of sp³-hybridized carbons (Fsp3) is 0.123. The predicted molar refractivity (Wildman–Crippen MR) is 258 cm³/mol. The molecule has 0 fully saturated rings. The molecule has 0 aliphatic carbocycles. The Morgan fingerprint density at radius 3 is 0.984 bits per heavy atom. The van der Waals surface area contributed by atoms with Crippen LogP contribution in [0.4, 0.5) is 34.1 Å². The third kappa shape index (κ3) is 6.29. The molecule has 0 atom stereocenters. The Labute approximate surface area is 355 Å². The smallest absolute Gasteiger partial charge is 0.142 e. The summed E-state index contributed by atoms with van der Waals surface area (Å²) in [5, 5.41) is 9.04. The first-order valence-corrected chi connectivity index (χ1v) is 21.2. The molecule has 4 nitrogen and oxygen atoms in total. The number of aryl methyl sites for hydroxylation is 4. The lowest BCUT2D eigenvalue weighted by atomic mass is 9.95. The molecule has 11 aromatic rings. The number of furan rings is 2. The molecule has 0 saturated heterocycles. The van der Waals surface area contributed by atoms with E-state index in [2.05, 4.69) is 215 Å². The maximum absolute atomic E-state index is 6.89. The molecule has 4 heteroatoms. The van der Waals surface area contributed by atoms with Crippen molar-refractivity contribution in [2.75, 3.05) is 9.80 Å². The van der Waals surface area contributed by atoms with Crippen LogP contribution in [0.3, 0.4) is 0 Å². The van der Waals surface area contributed by atoms with E-state index in [0.29, 0.717) is 0 Å². The van der Waals surface area contributed by atoms with Gasteiger partial charge in [-0.1, -0.05) is 96.8 Å². The molecule has 0 aliphatic rings. The van der Waals surface area contributed by atoms with Gasteiger partial charge in [0.25, 0.3) is 0 Å². The molecule has 0 spiro atoms. The minimum absolute atomic E-state index is 0.171. The molecule has 2 aromatic heterocycles. The normalized spacial score (nSPS) is 11.9. The maximum Gasteiger partial charge on any atom is 0.142 e. The van der Waals surface area contributed by atoms with Crippen LogP contribution in [0.2, 0.25) is 0 Å². The van der Waals surface area contributed by atoms with Crippen molar-refractivity contribution in [3.8, 4) is 0 Å². The minimum Gasteiger partial charge on any atom is -0.456 e. The first-order chi connectivity index (χ1) is 29.6. The van der Waals surface area contributed by atoms with Crippen molar-refractivity contribution in [1.29, 1.82) is 0 Å². The van der Waals surface area contributed by atoms with Crippen LogP contribution >= 0.6 is 0 Å². The van der Waals surface area contributed by atoms with Crippen molar-refractivity contribution in [1.82, 2.24) is 0 Å². The fourth-order valence-electron chi connectivity index (χ4n) is 9.10. The number of rotatable bonds is 7. The molecular weight excluding hydrogens is 745 g/mol. The lowest BCUT2D eigenvalue weighted by Crippen LogP contribution is -2.09. The second kappa shape index (κ2) is 14.2. The molecular formula is C57H46N2O2. The number of hydrogen-bond acceptors (Lipinski definition) is 4. The van der Waals surface area contributed by atoms with Crippen LogP contribution in [0.15, 0.2) is 173 Å². The van der Waals surface area contributed by atoms with Crippen molar-refractivity contribution >= 4 is 99.5 Å². The number of fused-ring (bicyclic) bond motifs is 8. The van der Waals surface area contributed by atoms with Crippen molar-refractivity contribution in [3.05, 3.63) is 192 Å². The number of anilines is 6. The van der Waals surface area contributed by atoms with Crippen LogP contribution in [0.1, 0.15) is 47.6 Å². The Bertz CT molecular complexity index is 3140. The molecule has 0 unspecified atom stereocenters. The molecule has 0 radical (unpaired) electrons. The van der Waals surface area contributed by atoms with Crippen LogP contribution in [-0.2, 0) is 0 Å². The summed E-state index contributed by atoms with van der Waals surface area (Å²) in [6.07, 6.45) is 0. The van der Waals surface area contributed by atoms with Crippen LogP contribution in [0.5, 0.6) is 0 Å². The third-order valence-electron chi connectivity index (χ3n) is 12.4. The Morgan fingerprint density at radius 1 is 0.328 bits per heavy atom. The van der Waals surface area contributed by atoms with E-state index in [1.165, 1.54) is 33.0 Å². The Kier molecular flexibility index (Phi) is 8.54. The van der Waals surface area contributed by atoms with Crippen molar-refractivity contribution < 1.29 is 8.83 Å². The standard InChI is InChI=1S/C57H46N2O2/c1-34(2)55-56-51(49-29-39-15-25-47(27-41(39)31-53(49)60-56)58(43-17-7-35(3)8-18-43)44-19-9-36(4)10-20-44)33-52-50-30-40-16-26-48(28-42(40)32-54(50)61-57(52)55)59(45-21-11-37(5)12-22-45)46-23-13-38(6)14-24-46/h7-34H,1-6H3. The van der Waals surface area contributed by atoms with Gasteiger partial charge in [-0.15, -0.1) is 0 Å². The van der Waals surface area contributed by atoms with Crippen LogP contribution in [0, 0.1) is 27.7 Å². The highest BCUT2D eigenvalue weighted by Gasteiger charge is 2.23. The van der Waals surface area contributed by atoms with Gasteiger partial charge in [0.05, 0.1) is 0 Å². The number of nitrogens with zero attached hydrogens (tertiary/aromatic N) is 2. The van der Waals surface area contributed by atoms with Gasteiger partial charge in [0.15, 0.2) is 0 Å². The zero-order valence-corrected chi connectivity index (χ0v) is 35.4. The average molecular weight is 791 g/mol. The number of benzene rings is 9. The van der Waals surface area contributed by atoms with Crippen LogP contribution in [-0.4, -0.2) is 0 Å². The predicted octanol–water partition coefficient (Wildman–Crippen LogP) is 17.1. The summed E-state index contributed by atoms with van der Waals surface area (Å²) in [7, 11) is 0. The van der Waals surface area contributed by atoms with Gasteiger partial charge in [-0.25, -0.2) is 0 Å². The molecule has 2 heterocycles. The van der Waals surface area contributed by atoms with Crippen LogP contribution < -0.4 is 9.80 Å². The molecule has 11 rings (SSSR count). The second-order valence-electron chi connectivity index (χ2n) is 17.2. The van der Waals surface area contributed by atoms with Gasteiger partial charge in [0.1, 0.15) is 22.3 Å². The highest BCUT2D eigenvalue weighted by molar-refractivity contribution is 6.20. The average Bonchev–Trinajstić information content (AvgIpc) is 3.80. The zero-order chi connectivity index (χ0) is 41.5. The molecule has 0 N–H and O–H groups in total. The van der Waals surface area contributed by atoms with Gasteiger partial charge in [0.2, 0.25) is 0 Å². The van der Waals surface area contributed by atoms with Gasteiger partial charge < -0.3 is 18.6 Å². The summed E-state index contributed by atoms with van der Waals surface area (Å²) < 4.78 is 13.8. The minimum atomic E-state index is 0.171. The first-order valence-electron chi connectivity index (χ1n) is 21.2. The van der Waals surface area contributed by atoms with Gasteiger partial charge in [-0.3, -0.25) is 0 Å². The topological polar surface area (TPSA) is 32.8 Å². The molecule has 0 amide bonds. The van der Waals surface area contributed by atoms with E-state index in [4.69, 9.17) is 8.83 Å². The molecule has 9 aromatic carbocycles. The Balaban J connectivity index is 1.04. The van der Waals surface area contributed by atoms with Crippen molar-refractivity contribution in [2.45, 2.75) is 47.5 Å². The Hall–Kier alpha value is -7.30. The third-order valence-corrected chi connectivity index (χ3v) is 12.4. The van der Waals surface area contributed by atoms with Gasteiger partial charge in [-0.05, 0) is 158 Å². The van der Waals surface area contributed by atoms with Crippen LogP contribution in [0.25, 0.3) is 65.4 Å². The highest BCUT2D eigenvalue weighted by Crippen LogP contribution is 2.46. The highest BCUT2D eigenvalue weighted by atomic mass is 16.3. The lowest BCUT2D eigenvalue weighted by Gasteiger charge is -2.26. The van der Waals surface area contributed by atoms with E-state index >= 15 is 0 Å². The van der Waals surface area contributed by atoms with E-state index in [9.17, 15) is 0 Å². The molecule has 0 bridgehead atoms. The number of hydrogen-bond donors (Lipinski definition) is 0. The van der Waals surface area contributed by atoms with Crippen molar-refractivity contribution in [3.63, 3.8) is 0 Å². The fourth-order valence-corrected chi connectivity index (χ4v) is 9.10. The SMILES string of the molecule is Cc1ccc(N(c2ccc(C)cc2)c2ccc3cc4c(cc3c2)oc2c(C(C)C)c3oc5cc6cc(N(c7ccc(C)cc7)c7ccc(C)cc7)ccc6cc5c3cc24)cc1. The van der Waals surface area contributed by atoms with Gasteiger partial charge >= 0.3 is 0 Å². The van der Waals surface area contributed by atoms with E-state index in [-0.39, 0.29) is 5.92 Å². The van der Waals surface area contributed by atoms with Crippen molar-refractivity contribution in [2.24, 2.45) is 0 Å². The molecule has 61 heavy (non-hydrogen) atoms. The van der Waals surface area contributed by atoms with E-state index in [1.54, 1.807) is 0 Å². The van der Waals surface area contributed by atoms with E-state index in [0.717, 1.165) is 94.3 Å². The molecule has 0 saturated carbocycles. The summed E-state index contributed by atoms with van der Waals surface area (Å²) in [6.45, 7) is 13.0. The quantitative estimate of drug-likeness (QED) is 0.161. The van der Waals surface area contributed by atoms with E-state index < -0.39 is 0 Å². The van der Waals surface area contributed by atoms with Gasteiger partial charge in [0, 0.05) is 61.2 Å². The Morgan fingerprint density at radius 2 is 0.656 bits per heavy atom. The second-order valence-corrected chi connectivity index (χ2v) is 17.2. The monoisotopic (exact) mass is 790 g/mol. The maximum atomic E-state index is 6.89. The summed E-state index contributed by atoms with van der Waals surface area (Å²) in [5.74, 6) is 0.171. The van der Waals surface area contributed by atoms with E-state index in [1.807, 2.05) is 0 Å². The summed E-state index contributed by atoms with van der Waals surface area (Å²) >= 11 is 0. The largest absolute Gasteiger partial charge is 0.456 e. The summed E-state index contributed by atoms with van der Waals surface area (Å²) in [6, 6.07) is 59.8. The summed E-state index contributed by atoms with van der Waals surface area (Å²) in [5.41, 5.74) is 16.3. The van der Waals surface area contributed by atoms with Gasteiger partial charge in [-0.2, -0.15) is 0 Å². The lowest BCUT2D eigenvalue weighted by molar-refractivity contribution is 0.638. The first kappa shape index (κ1) is 36.8. The summed E-state index contributed by atoms with van der Waals surface area (Å²) in [4.78, 5) is 4.65. The zero-order valence-electron chi connectivity index (χ0n) is 35.4. The molecule has 0 aliphatic heterocycles.